The predicted octanol–water partition coefficient (Wildman–Crippen LogP) is 3.21. The third-order valence-electron chi connectivity index (χ3n) is 3.97. The number of aromatic nitrogens is 2. The Balaban J connectivity index is 1.98. The van der Waals surface area contributed by atoms with Crippen molar-refractivity contribution in [3.8, 4) is 0 Å². The number of anilines is 1. The number of ketones is 1. The summed E-state index contributed by atoms with van der Waals surface area (Å²) in [5.74, 6) is -0.495. The lowest BCUT2D eigenvalue weighted by molar-refractivity contribution is -0.114. The van der Waals surface area contributed by atoms with Crippen molar-refractivity contribution in [1.82, 2.24) is 9.97 Å². The van der Waals surface area contributed by atoms with Crippen molar-refractivity contribution in [3.05, 3.63) is 45.2 Å². The minimum atomic E-state index is -0.235. The van der Waals surface area contributed by atoms with Gasteiger partial charge in [-0.25, -0.2) is 4.98 Å². The standard InChI is InChI=1S/C17H17N3O3S/c1-8-6-11(7-18-9(8)2)14(22)12-4-5-13-16(15(12)23)24-17(20-13)19-10(3)21/h6-7,22H,4-5H2,1-3H3,(H,19,20,21). The highest BCUT2D eigenvalue weighted by Gasteiger charge is 2.29. The fourth-order valence-electron chi connectivity index (χ4n) is 2.57. The maximum atomic E-state index is 12.7. The van der Waals surface area contributed by atoms with E-state index in [-0.39, 0.29) is 17.4 Å². The number of fused-ring (bicyclic) bond motifs is 1. The van der Waals surface area contributed by atoms with E-state index in [1.807, 2.05) is 19.9 Å². The molecule has 0 saturated heterocycles. The molecule has 0 saturated carbocycles. The Morgan fingerprint density at radius 2 is 2.08 bits per heavy atom. The second-order valence-corrected chi connectivity index (χ2v) is 6.76. The summed E-state index contributed by atoms with van der Waals surface area (Å²) in [6, 6.07) is 1.82. The van der Waals surface area contributed by atoms with Gasteiger partial charge < -0.3 is 10.4 Å². The molecule has 7 heteroatoms. The zero-order valence-electron chi connectivity index (χ0n) is 13.6. The number of nitrogens with zero attached hydrogens (tertiary/aromatic N) is 2. The number of amides is 1. The van der Waals surface area contributed by atoms with Crippen molar-refractivity contribution in [2.45, 2.75) is 33.6 Å². The Kier molecular flexibility index (Phi) is 4.19. The molecule has 0 unspecified atom stereocenters. The van der Waals surface area contributed by atoms with Crippen LogP contribution in [-0.4, -0.2) is 26.8 Å². The lowest BCUT2D eigenvalue weighted by Gasteiger charge is -2.14. The lowest BCUT2D eigenvalue weighted by Crippen LogP contribution is -2.14. The normalized spacial score (nSPS) is 15.9. The van der Waals surface area contributed by atoms with E-state index in [9.17, 15) is 14.7 Å². The van der Waals surface area contributed by atoms with E-state index in [0.717, 1.165) is 22.6 Å². The molecule has 1 amide bonds. The van der Waals surface area contributed by atoms with Gasteiger partial charge in [-0.3, -0.25) is 14.6 Å². The molecule has 6 nitrogen and oxygen atoms in total. The molecule has 0 fully saturated rings. The van der Waals surface area contributed by atoms with Crippen LogP contribution in [0, 0.1) is 13.8 Å². The van der Waals surface area contributed by atoms with Gasteiger partial charge in [-0.1, -0.05) is 11.3 Å². The number of carbonyl (C=O) groups excluding carboxylic acids is 2. The van der Waals surface area contributed by atoms with E-state index in [2.05, 4.69) is 15.3 Å². The van der Waals surface area contributed by atoms with Crippen molar-refractivity contribution in [2.24, 2.45) is 0 Å². The molecule has 2 heterocycles. The quantitative estimate of drug-likeness (QED) is 0.645. The second kappa shape index (κ2) is 6.16. The Morgan fingerprint density at radius 1 is 1.33 bits per heavy atom. The number of aryl methyl sites for hydroxylation is 3. The average Bonchev–Trinajstić information content (AvgIpc) is 2.92. The molecule has 1 aliphatic carbocycles. The maximum Gasteiger partial charge on any atom is 0.223 e. The van der Waals surface area contributed by atoms with Gasteiger partial charge in [0, 0.05) is 30.0 Å². The number of hydrogen-bond acceptors (Lipinski definition) is 6. The van der Waals surface area contributed by atoms with Crippen LogP contribution < -0.4 is 5.32 Å². The van der Waals surface area contributed by atoms with E-state index < -0.39 is 0 Å². The number of thiazole rings is 1. The molecule has 3 rings (SSSR count). The van der Waals surface area contributed by atoms with E-state index >= 15 is 0 Å². The summed E-state index contributed by atoms with van der Waals surface area (Å²) in [7, 11) is 0. The Hall–Kier alpha value is -2.54. The molecule has 2 aromatic rings. The van der Waals surface area contributed by atoms with E-state index in [0.29, 0.717) is 39.7 Å². The van der Waals surface area contributed by atoms with Gasteiger partial charge in [-0.15, -0.1) is 0 Å². The molecule has 2 N–H and O–H groups in total. The number of rotatable bonds is 2. The van der Waals surface area contributed by atoms with Gasteiger partial charge in [0.1, 0.15) is 10.6 Å². The van der Waals surface area contributed by atoms with Crippen molar-refractivity contribution in [1.29, 1.82) is 0 Å². The van der Waals surface area contributed by atoms with Crippen molar-refractivity contribution in [3.63, 3.8) is 0 Å². The van der Waals surface area contributed by atoms with Crippen LogP contribution >= 0.6 is 11.3 Å². The van der Waals surface area contributed by atoms with Gasteiger partial charge >= 0.3 is 0 Å². The summed E-state index contributed by atoms with van der Waals surface area (Å²) in [5.41, 5.74) is 3.41. The molecule has 0 atom stereocenters. The largest absolute Gasteiger partial charge is 0.507 e. The third kappa shape index (κ3) is 2.94. The number of aliphatic hydroxyl groups excluding tert-OH is 1. The first-order valence-electron chi connectivity index (χ1n) is 7.54. The van der Waals surface area contributed by atoms with Gasteiger partial charge in [0.05, 0.1) is 5.69 Å². The van der Waals surface area contributed by atoms with Crippen LogP contribution in [0.4, 0.5) is 5.13 Å². The first-order chi connectivity index (χ1) is 11.4. The smallest absolute Gasteiger partial charge is 0.223 e. The zero-order valence-corrected chi connectivity index (χ0v) is 14.5. The molecule has 2 aromatic heterocycles. The van der Waals surface area contributed by atoms with Crippen LogP contribution in [0.2, 0.25) is 0 Å². The van der Waals surface area contributed by atoms with Gasteiger partial charge in [0.15, 0.2) is 5.13 Å². The molecule has 124 valence electrons. The SMILES string of the molecule is CC(=O)Nc1nc2c(s1)C(=O)C(=C(O)c1cnc(C)c(C)c1)CC2. The number of nitrogens with one attached hydrogen (secondary N) is 1. The fraction of sp³-hybridized carbons (Fsp3) is 0.294. The highest BCUT2D eigenvalue weighted by atomic mass is 32.1. The highest BCUT2D eigenvalue weighted by Crippen LogP contribution is 2.34. The molecular formula is C17H17N3O3S. The number of allylic oxidation sites excluding steroid dienone is 1. The average molecular weight is 343 g/mol. The van der Waals surface area contributed by atoms with Crippen molar-refractivity contribution in [2.75, 3.05) is 5.32 Å². The molecule has 1 aliphatic rings. The number of pyridine rings is 1. The summed E-state index contributed by atoms with van der Waals surface area (Å²) in [6.07, 6.45) is 2.53. The summed E-state index contributed by atoms with van der Waals surface area (Å²) in [6.45, 7) is 5.20. The molecular weight excluding hydrogens is 326 g/mol. The van der Waals surface area contributed by atoms with E-state index in [1.165, 1.54) is 6.92 Å². The lowest BCUT2D eigenvalue weighted by atomic mass is 9.93. The van der Waals surface area contributed by atoms with Crippen LogP contribution in [0.1, 0.15) is 45.5 Å². The fourth-order valence-corrected chi connectivity index (χ4v) is 3.59. The summed E-state index contributed by atoms with van der Waals surface area (Å²) in [4.78, 5) is 32.8. The second-order valence-electron chi connectivity index (χ2n) is 5.76. The minimum absolute atomic E-state index is 0.0317. The zero-order chi connectivity index (χ0) is 17.4. The maximum absolute atomic E-state index is 12.7. The Bertz CT molecular complexity index is 883. The molecule has 0 radical (unpaired) electrons. The topological polar surface area (TPSA) is 92.2 Å². The Labute approximate surface area is 143 Å². The molecule has 0 spiro atoms. The number of hydrogen-bond donors (Lipinski definition) is 2. The van der Waals surface area contributed by atoms with Crippen LogP contribution in [0.15, 0.2) is 17.8 Å². The first-order valence-corrected chi connectivity index (χ1v) is 8.36. The summed E-state index contributed by atoms with van der Waals surface area (Å²) >= 11 is 1.14. The van der Waals surface area contributed by atoms with Crippen LogP contribution in [0.25, 0.3) is 5.76 Å². The van der Waals surface area contributed by atoms with Crippen LogP contribution in [0.5, 0.6) is 0 Å². The molecule has 0 aliphatic heterocycles. The minimum Gasteiger partial charge on any atom is -0.507 e. The first kappa shape index (κ1) is 16.3. The monoisotopic (exact) mass is 343 g/mol. The molecule has 0 bridgehead atoms. The van der Waals surface area contributed by atoms with Gasteiger partial charge in [-0.05, 0) is 38.3 Å². The van der Waals surface area contributed by atoms with E-state index in [1.54, 1.807) is 6.20 Å². The number of carbonyl (C=O) groups is 2. The Morgan fingerprint density at radius 3 is 2.75 bits per heavy atom. The van der Waals surface area contributed by atoms with E-state index in [4.69, 9.17) is 0 Å². The summed E-state index contributed by atoms with van der Waals surface area (Å²) in [5, 5.41) is 13.6. The van der Waals surface area contributed by atoms with Crippen LogP contribution in [-0.2, 0) is 11.2 Å². The van der Waals surface area contributed by atoms with Gasteiger partial charge in [-0.2, -0.15) is 0 Å². The highest BCUT2D eigenvalue weighted by molar-refractivity contribution is 7.18. The predicted molar refractivity (Wildman–Crippen MR) is 92.3 cm³/mol. The van der Waals surface area contributed by atoms with Gasteiger partial charge in [0.2, 0.25) is 11.7 Å². The molecule has 0 aromatic carbocycles. The van der Waals surface area contributed by atoms with Crippen molar-refractivity contribution >= 4 is 33.9 Å². The van der Waals surface area contributed by atoms with Crippen LogP contribution in [0.3, 0.4) is 0 Å². The molecule has 24 heavy (non-hydrogen) atoms. The number of aliphatic hydroxyl groups is 1. The third-order valence-corrected chi connectivity index (χ3v) is 4.98. The number of Topliss-reactive ketones (excluding diaryl/α,β-unsaturated/α-hetero) is 1. The van der Waals surface area contributed by atoms with Gasteiger partial charge in [0.25, 0.3) is 0 Å². The van der Waals surface area contributed by atoms with Crippen molar-refractivity contribution < 1.29 is 14.7 Å². The summed E-state index contributed by atoms with van der Waals surface area (Å²) < 4.78 is 0.